The third kappa shape index (κ3) is 1.54. The monoisotopic (exact) mass is 291 g/mol. The molecule has 20 heavy (non-hydrogen) atoms. The minimum absolute atomic E-state index is 0.476. The third-order valence-electron chi connectivity index (χ3n) is 3.94. The van der Waals surface area contributed by atoms with Crippen LogP contribution in [0.15, 0.2) is 0 Å². The summed E-state index contributed by atoms with van der Waals surface area (Å²) >= 11 is 1.75. The van der Waals surface area contributed by atoms with Gasteiger partial charge in [-0.2, -0.15) is 9.50 Å². The molecule has 1 unspecified atom stereocenters. The molecule has 0 saturated heterocycles. The van der Waals surface area contributed by atoms with Crippen molar-refractivity contribution in [3.05, 3.63) is 10.4 Å². The van der Waals surface area contributed by atoms with Gasteiger partial charge >= 0.3 is 0 Å². The van der Waals surface area contributed by atoms with E-state index in [1.54, 1.807) is 20.8 Å². The summed E-state index contributed by atoms with van der Waals surface area (Å²) in [5.74, 6) is 6.77. The molecule has 0 radical (unpaired) electrons. The highest BCUT2D eigenvalue weighted by molar-refractivity contribution is 7.19. The van der Waals surface area contributed by atoms with E-state index in [0.29, 0.717) is 11.6 Å². The first-order valence-electron chi connectivity index (χ1n) is 6.64. The second-order valence-corrected chi connectivity index (χ2v) is 6.04. The number of hydrogen-bond donors (Lipinski definition) is 3. The number of fused-ring (bicyclic) bond motifs is 5. The molecule has 4 N–H and O–H groups in total. The molecule has 0 aromatic carbocycles. The van der Waals surface area contributed by atoms with E-state index in [1.807, 2.05) is 0 Å². The summed E-state index contributed by atoms with van der Waals surface area (Å²) in [6.07, 6.45) is 1.04. The van der Waals surface area contributed by atoms with Crippen molar-refractivity contribution in [1.29, 1.82) is 0 Å². The van der Waals surface area contributed by atoms with Gasteiger partial charge in [0.25, 0.3) is 5.78 Å². The van der Waals surface area contributed by atoms with Gasteiger partial charge in [-0.25, -0.2) is 5.84 Å². The van der Waals surface area contributed by atoms with Crippen LogP contribution in [0.1, 0.15) is 17.4 Å². The SMILES string of the molecule is CC[NH+]1CCc2c(sc3c2c(NN)nc2nnnn23)C1. The highest BCUT2D eigenvalue weighted by atomic mass is 32.1. The number of nitrogens with zero attached hydrogens (tertiary/aromatic N) is 5. The number of hydrazine groups is 1. The first kappa shape index (κ1) is 11.9. The van der Waals surface area contributed by atoms with Gasteiger partial charge in [-0.1, -0.05) is 5.10 Å². The zero-order chi connectivity index (χ0) is 13.7. The molecule has 0 saturated carbocycles. The van der Waals surface area contributed by atoms with E-state index < -0.39 is 0 Å². The Morgan fingerprint density at radius 3 is 3.20 bits per heavy atom. The number of thiophene rings is 1. The molecule has 4 heterocycles. The van der Waals surface area contributed by atoms with E-state index in [9.17, 15) is 0 Å². The summed E-state index contributed by atoms with van der Waals surface area (Å²) in [6.45, 7) is 5.57. The van der Waals surface area contributed by atoms with Crippen molar-refractivity contribution in [3.63, 3.8) is 0 Å². The predicted octanol–water partition coefficient (Wildman–Crippen LogP) is -1.02. The fourth-order valence-electron chi connectivity index (χ4n) is 2.86. The van der Waals surface area contributed by atoms with Gasteiger partial charge in [-0.05, 0) is 22.9 Å². The van der Waals surface area contributed by atoms with E-state index in [0.717, 1.165) is 36.3 Å². The number of quaternary nitrogens is 1. The molecule has 3 aromatic heterocycles. The fourth-order valence-corrected chi connectivity index (χ4v) is 4.22. The molecule has 3 aromatic rings. The van der Waals surface area contributed by atoms with Crippen molar-refractivity contribution >= 4 is 33.1 Å². The Morgan fingerprint density at radius 2 is 2.40 bits per heavy atom. The number of nitrogens with one attached hydrogen (secondary N) is 2. The van der Waals surface area contributed by atoms with Crippen molar-refractivity contribution in [2.75, 3.05) is 18.5 Å². The quantitative estimate of drug-likeness (QED) is 0.413. The average Bonchev–Trinajstić information content (AvgIpc) is 3.08. The van der Waals surface area contributed by atoms with Crippen LogP contribution >= 0.6 is 11.3 Å². The van der Waals surface area contributed by atoms with Crippen molar-refractivity contribution < 1.29 is 4.90 Å². The average molecular weight is 291 g/mol. The molecule has 0 amide bonds. The second-order valence-electron chi connectivity index (χ2n) is 4.96. The van der Waals surface area contributed by atoms with Gasteiger partial charge in [0.15, 0.2) is 5.82 Å². The lowest BCUT2D eigenvalue weighted by Crippen LogP contribution is -3.11. The standard InChI is InChI=1S/C11H14N8S/c1-2-18-4-3-6-7(5-18)20-10-8(6)9(14-12)13-11-15-16-17-19(10)11/h2-5,12H2,1H3,(H,13,14,15,17)/p+1. The Bertz CT molecular complexity index is 791. The maximum absolute atomic E-state index is 5.63. The van der Waals surface area contributed by atoms with Crippen LogP contribution in [0, 0.1) is 0 Å². The second kappa shape index (κ2) is 4.33. The number of rotatable bonds is 2. The lowest BCUT2D eigenvalue weighted by atomic mass is 10.1. The van der Waals surface area contributed by atoms with E-state index in [4.69, 9.17) is 5.84 Å². The Kier molecular flexibility index (Phi) is 2.59. The maximum atomic E-state index is 5.63. The highest BCUT2D eigenvalue weighted by Gasteiger charge is 2.26. The van der Waals surface area contributed by atoms with Crippen LogP contribution in [0.2, 0.25) is 0 Å². The fraction of sp³-hybridized carbons (Fsp3) is 0.455. The Balaban J connectivity index is 2.04. The molecule has 4 rings (SSSR count). The number of tetrazole rings is 1. The van der Waals surface area contributed by atoms with E-state index in [2.05, 4.69) is 32.9 Å². The zero-order valence-corrected chi connectivity index (χ0v) is 11.9. The molecule has 0 spiro atoms. The van der Waals surface area contributed by atoms with E-state index in [-0.39, 0.29) is 0 Å². The number of nitrogens with two attached hydrogens (primary N) is 1. The number of anilines is 1. The minimum Gasteiger partial charge on any atom is -0.330 e. The van der Waals surface area contributed by atoms with Crippen LogP contribution in [-0.2, 0) is 13.0 Å². The van der Waals surface area contributed by atoms with Gasteiger partial charge in [-0.15, -0.1) is 11.3 Å². The van der Waals surface area contributed by atoms with Crippen LogP contribution in [0.5, 0.6) is 0 Å². The van der Waals surface area contributed by atoms with Crippen molar-refractivity contribution in [3.8, 4) is 0 Å². The highest BCUT2D eigenvalue weighted by Crippen LogP contribution is 2.35. The third-order valence-corrected chi connectivity index (χ3v) is 5.15. The Morgan fingerprint density at radius 1 is 1.50 bits per heavy atom. The molecule has 104 valence electrons. The minimum atomic E-state index is 0.476. The molecule has 9 heteroatoms. The van der Waals surface area contributed by atoms with Crippen LogP contribution in [0.3, 0.4) is 0 Å². The number of hydrogen-bond acceptors (Lipinski definition) is 7. The molecule has 1 aliphatic rings. The number of likely N-dealkylation sites (N-methyl/N-ethyl adjacent to an activating group) is 1. The van der Waals surface area contributed by atoms with Crippen LogP contribution in [-0.4, -0.2) is 38.1 Å². The molecular formula is C11H15N8S+. The van der Waals surface area contributed by atoms with Crippen LogP contribution in [0.4, 0.5) is 5.82 Å². The Labute approximate surface area is 118 Å². The van der Waals surface area contributed by atoms with E-state index in [1.165, 1.54) is 10.4 Å². The molecule has 0 bridgehead atoms. The maximum Gasteiger partial charge on any atom is 0.276 e. The molecule has 1 atom stereocenters. The van der Waals surface area contributed by atoms with E-state index >= 15 is 0 Å². The zero-order valence-electron chi connectivity index (χ0n) is 11.1. The lowest BCUT2D eigenvalue weighted by Gasteiger charge is -2.22. The smallest absolute Gasteiger partial charge is 0.276 e. The summed E-state index contributed by atoms with van der Waals surface area (Å²) in [4.78, 5) is 8.41. The number of nitrogen functional groups attached to an aromatic ring is 1. The lowest BCUT2D eigenvalue weighted by molar-refractivity contribution is -0.913. The topological polar surface area (TPSA) is 98.5 Å². The van der Waals surface area contributed by atoms with Crippen molar-refractivity contribution in [2.24, 2.45) is 5.84 Å². The van der Waals surface area contributed by atoms with Crippen LogP contribution in [0.25, 0.3) is 16.0 Å². The normalized spacial score (nSPS) is 18.6. The van der Waals surface area contributed by atoms with Gasteiger partial charge in [0.1, 0.15) is 11.4 Å². The summed E-state index contributed by atoms with van der Waals surface area (Å²) in [5, 5.41) is 12.7. The van der Waals surface area contributed by atoms with Crippen LogP contribution < -0.4 is 16.2 Å². The Hall–Kier alpha value is -1.84. The molecule has 0 fully saturated rings. The molecule has 0 aliphatic carbocycles. The van der Waals surface area contributed by atoms with Gasteiger partial charge < -0.3 is 10.3 Å². The molecule has 1 aliphatic heterocycles. The first-order valence-corrected chi connectivity index (χ1v) is 7.46. The summed E-state index contributed by atoms with van der Waals surface area (Å²) in [5.41, 5.74) is 4.04. The largest absolute Gasteiger partial charge is 0.330 e. The van der Waals surface area contributed by atoms with Gasteiger partial charge in [0.05, 0.1) is 23.4 Å². The van der Waals surface area contributed by atoms with Gasteiger partial charge in [-0.3, -0.25) is 0 Å². The molecule has 8 nitrogen and oxygen atoms in total. The predicted molar refractivity (Wildman–Crippen MR) is 75.5 cm³/mol. The molecular weight excluding hydrogens is 276 g/mol. The number of aromatic nitrogens is 5. The summed E-state index contributed by atoms with van der Waals surface area (Å²) in [7, 11) is 0. The van der Waals surface area contributed by atoms with Gasteiger partial charge in [0, 0.05) is 6.42 Å². The summed E-state index contributed by atoms with van der Waals surface area (Å²) in [6, 6.07) is 0. The summed E-state index contributed by atoms with van der Waals surface area (Å²) < 4.78 is 1.70. The van der Waals surface area contributed by atoms with Crippen molar-refractivity contribution in [1.82, 2.24) is 25.0 Å². The first-order chi connectivity index (χ1) is 9.81. The van der Waals surface area contributed by atoms with Crippen molar-refractivity contribution in [2.45, 2.75) is 19.9 Å². The van der Waals surface area contributed by atoms with Gasteiger partial charge in [0.2, 0.25) is 0 Å².